The van der Waals surface area contributed by atoms with Crippen LogP contribution in [-0.4, -0.2) is 47.3 Å². The Morgan fingerprint density at radius 1 is 1.50 bits per heavy atom. The predicted molar refractivity (Wildman–Crippen MR) is 82.8 cm³/mol. The van der Waals surface area contributed by atoms with Crippen molar-refractivity contribution in [3.8, 4) is 0 Å². The predicted octanol–water partition coefficient (Wildman–Crippen LogP) is 1.52. The molecule has 0 aliphatic carbocycles. The number of nitrogens with two attached hydrogens (primary N) is 1. The standard InChI is InChI=1S/C14H22N6/c1-11(10-20-8-4-5-9-20)12(2)18-19(3)13-6-7-16-14(15)17-13/h6-7H,1,4-5,8-10H2,2-3H3,(H2,15,16,17)/b18-12-. The highest BCUT2D eigenvalue weighted by Gasteiger charge is 2.13. The molecule has 1 aliphatic rings. The highest BCUT2D eigenvalue weighted by Crippen LogP contribution is 2.12. The lowest BCUT2D eigenvalue weighted by Crippen LogP contribution is -2.25. The minimum atomic E-state index is 0.248. The molecule has 0 saturated carbocycles. The molecule has 2 N–H and O–H groups in total. The summed E-state index contributed by atoms with van der Waals surface area (Å²) in [5, 5.41) is 6.21. The summed E-state index contributed by atoms with van der Waals surface area (Å²) in [5.41, 5.74) is 7.53. The Morgan fingerprint density at radius 3 is 2.85 bits per heavy atom. The van der Waals surface area contributed by atoms with Crippen LogP contribution in [0.2, 0.25) is 0 Å². The van der Waals surface area contributed by atoms with Gasteiger partial charge in [0.05, 0.1) is 5.71 Å². The first-order valence-electron chi connectivity index (χ1n) is 6.84. The topological polar surface area (TPSA) is 70.6 Å². The van der Waals surface area contributed by atoms with Crippen molar-refractivity contribution in [2.75, 3.05) is 37.4 Å². The second-order valence-electron chi connectivity index (χ2n) is 5.07. The van der Waals surface area contributed by atoms with Crippen molar-refractivity contribution >= 4 is 17.5 Å². The average Bonchev–Trinajstić information content (AvgIpc) is 2.91. The van der Waals surface area contributed by atoms with E-state index < -0.39 is 0 Å². The van der Waals surface area contributed by atoms with E-state index in [0.717, 1.165) is 30.9 Å². The van der Waals surface area contributed by atoms with Gasteiger partial charge in [-0.25, -0.2) is 4.98 Å². The largest absolute Gasteiger partial charge is 0.368 e. The molecule has 20 heavy (non-hydrogen) atoms. The Labute approximate surface area is 120 Å². The van der Waals surface area contributed by atoms with Crippen LogP contribution in [0.5, 0.6) is 0 Å². The summed E-state index contributed by atoms with van der Waals surface area (Å²) in [6.45, 7) is 9.30. The molecule has 0 aromatic carbocycles. The number of nitrogens with zero attached hydrogens (tertiary/aromatic N) is 5. The van der Waals surface area contributed by atoms with Crippen molar-refractivity contribution in [1.29, 1.82) is 0 Å². The number of aromatic nitrogens is 2. The molecule has 1 aromatic heterocycles. The molecule has 0 amide bonds. The fraction of sp³-hybridized carbons (Fsp3) is 0.500. The van der Waals surface area contributed by atoms with E-state index >= 15 is 0 Å². The summed E-state index contributed by atoms with van der Waals surface area (Å²) >= 11 is 0. The molecule has 1 aliphatic heterocycles. The zero-order valence-corrected chi connectivity index (χ0v) is 12.2. The maximum absolute atomic E-state index is 5.57. The number of rotatable bonds is 5. The minimum Gasteiger partial charge on any atom is -0.368 e. The van der Waals surface area contributed by atoms with Gasteiger partial charge >= 0.3 is 0 Å². The molecule has 6 nitrogen and oxygen atoms in total. The van der Waals surface area contributed by atoms with E-state index in [4.69, 9.17) is 5.73 Å². The van der Waals surface area contributed by atoms with Crippen molar-refractivity contribution in [3.05, 3.63) is 24.4 Å². The molecular weight excluding hydrogens is 252 g/mol. The smallest absolute Gasteiger partial charge is 0.221 e. The lowest BCUT2D eigenvalue weighted by molar-refractivity contribution is 0.373. The molecule has 0 spiro atoms. The SMILES string of the molecule is C=C(CN1CCCC1)/C(C)=N\N(C)c1ccnc(N)n1. The third-order valence-electron chi connectivity index (χ3n) is 3.42. The van der Waals surface area contributed by atoms with Crippen LogP contribution in [0.15, 0.2) is 29.5 Å². The van der Waals surface area contributed by atoms with Crippen LogP contribution in [0.3, 0.4) is 0 Å². The summed E-state index contributed by atoms with van der Waals surface area (Å²) < 4.78 is 0. The maximum atomic E-state index is 5.57. The first-order chi connectivity index (χ1) is 9.56. The minimum absolute atomic E-state index is 0.248. The molecule has 1 aromatic rings. The normalized spacial score (nSPS) is 16.4. The van der Waals surface area contributed by atoms with Gasteiger partial charge in [-0.15, -0.1) is 0 Å². The molecule has 108 valence electrons. The van der Waals surface area contributed by atoms with Crippen molar-refractivity contribution in [2.24, 2.45) is 5.10 Å². The molecule has 0 radical (unpaired) electrons. The maximum Gasteiger partial charge on any atom is 0.221 e. The first-order valence-corrected chi connectivity index (χ1v) is 6.84. The van der Waals surface area contributed by atoms with Crippen molar-refractivity contribution in [2.45, 2.75) is 19.8 Å². The highest BCUT2D eigenvalue weighted by atomic mass is 15.5. The van der Waals surface area contributed by atoms with Crippen LogP contribution < -0.4 is 10.7 Å². The fourth-order valence-corrected chi connectivity index (χ4v) is 2.22. The molecule has 2 rings (SSSR count). The number of anilines is 2. The molecule has 0 bridgehead atoms. The number of hydrazone groups is 1. The monoisotopic (exact) mass is 274 g/mol. The van der Waals surface area contributed by atoms with Gasteiger partial charge in [0.1, 0.15) is 0 Å². The van der Waals surface area contributed by atoms with E-state index in [1.54, 1.807) is 17.3 Å². The molecule has 1 fully saturated rings. The Hall–Kier alpha value is -1.95. The van der Waals surface area contributed by atoms with Crippen LogP contribution in [-0.2, 0) is 0 Å². The van der Waals surface area contributed by atoms with Gasteiger partial charge in [-0.2, -0.15) is 10.1 Å². The first kappa shape index (κ1) is 14.5. The zero-order valence-electron chi connectivity index (χ0n) is 12.2. The van der Waals surface area contributed by atoms with Gasteiger partial charge in [0.25, 0.3) is 0 Å². The van der Waals surface area contributed by atoms with E-state index in [0.29, 0.717) is 5.82 Å². The number of nitrogen functional groups attached to an aromatic ring is 1. The number of likely N-dealkylation sites (tertiary alicyclic amines) is 1. The summed E-state index contributed by atoms with van der Waals surface area (Å²) in [7, 11) is 1.84. The zero-order chi connectivity index (χ0) is 14.5. The molecular formula is C14H22N6. The quantitative estimate of drug-likeness (QED) is 0.651. The summed E-state index contributed by atoms with van der Waals surface area (Å²) in [6, 6.07) is 1.77. The highest BCUT2D eigenvalue weighted by molar-refractivity contribution is 5.98. The van der Waals surface area contributed by atoms with Gasteiger partial charge in [0.15, 0.2) is 5.82 Å². The van der Waals surface area contributed by atoms with Gasteiger partial charge in [-0.05, 0) is 38.4 Å². The second kappa shape index (κ2) is 6.47. The van der Waals surface area contributed by atoms with Crippen molar-refractivity contribution < 1.29 is 0 Å². The summed E-state index contributed by atoms with van der Waals surface area (Å²) in [5.74, 6) is 0.920. The summed E-state index contributed by atoms with van der Waals surface area (Å²) in [4.78, 5) is 10.4. The third-order valence-corrected chi connectivity index (χ3v) is 3.42. The molecule has 0 atom stereocenters. The van der Waals surface area contributed by atoms with Crippen LogP contribution >= 0.6 is 0 Å². The third kappa shape index (κ3) is 3.77. The van der Waals surface area contributed by atoms with Crippen molar-refractivity contribution in [1.82, 2.24) is 14.9 Å². The van der Waals surface area contributed by atoms with E-state index in [-0.39, 0.29) is 5.95 Å². The average molecular weight is 274 g/mol. The van der Waals surface area contributed by atoms with Crippen molar-refractivity contribution in [3.63, 3.8) is 0 Å². The molecule has 6 heteroatoms. The molecule has 1 saturated heterocycles. The van der Waals surface area contributed by atoms with Gasteiger partial charge < -0.3 is 5.73 Å². The Bertz CT molecular complexity index is 504. The molecule has 0 unspecified atom stereocenters. The lowest BCUT2D eigenvalue weighted by Gasteiger charge is -2.18. The van der Waals surface area contributed by atoms with Gasteiger partial charge in [0.2, 0.25) is 5.95 Å². The van der Waals surface area contributed by atoms with Gasteiger partial charge in [-0.1, -0.05) is 6.58 Å². The van der Waals surface area contributed by atoms with E-state index in [1.165, 1.54) is 12.8 Å². The van der Waals surface area contributed by atoms with Gasteiger partial charge in [-0.3, -0.25) is 9.91 Å². The van der Waals surface area contributed by atoms with E-state index in [9.17, 15) is 0 Å². The number of hydrogen-bond acceptors (Lipinski definition) is 6. The fourth-order valence-electron chi connectivity index (χ4n) is 2.22. The van der Waals surface area contributed by atoms with E-state index in [2.05, 4.69) is 26.5 Å². The second-order valence-corrected chi connectivity index (χ2v) is 5.07. The van der Waals surface area contributed by atoms with Gasteiger partial charge in [0, 0.05) is 25.9 Å². The lowest BCUT2D eigenvalue weighted by atomic mass is 10.2. The van der Waals surface area contributed by atoms with Crippen LogP contribution in [0.25, 0.3) is 0 Å². The van der Waals surface area contributed by atoms with Crippen LogP contribution in [0, 0.1) is 0 Å². The Morgan fingerprint density at radius 2 is 2.20 bits per heavy atom. The Balaban J connectivity index is 1.99. The Kier molecular flexibility index (Phi) is 4.68. The van der Waals surface area contributed by atoms with Crippen LogP contribution in [0.1, 0.15) is 19.8 Å². The van der Waals surface area contributed by atoms with Crippen LogP contribution in [0.4, 0.5) is 11.8 Å². The molecule has 2 heterocycles. The number of hydrogen-bond donors (Lipinski definition) is 1. The summed E-state index contributed by atoms with van der Waals surface area (Å²) in [6.07, 6.45) is 4.19. The van der Waals surface area contributed by atoms with E-state index in [1.807, 2.05) is 14.0 Å².